The molecule has 0 fully saturated rings. The van der Waals surface area contributed by atoms with Crippen molar-refractivity contribution in [3.63, 3.8) is 0 Å². The zero-order chi connectivity index (χ0) is 16.0. The third-order valence-electron chi connectivity index (χ3n) is 3.31. The Morgan fingerprint density at radius 1 is 1.43 bits per heavy atom. The van der Waals surface area contributed by atoms with Crippen LogP contribution in [0.15, 0.2) is 20.1 Å². The van der Waals surface area contributed by atoms with Crippen molar-refractivity contribution in [2.24, 2.45) is 5.92 Å². The van der Waals surface area contributed by atoms with Crippen LogP contribution in [0.3, 0.4) is 0 Å². The fourth-order valence-electron chi connectivity index (χ4n) is 1.87. The van der Waals surface area contributed by atoms with Gasteiger partial charge in [0.15, 0.2) is 0 Å². The Bertz CT molecular complexity index is 566. The van der Waals surface area contributed by atoms with Crippen molar-refractivity contribution in [2.75, 3.05) is 20.2 Å². The van der Waals surface area contributed by atoms with Gasteiger partial charge in [-0.15, -0.1) is 11.3 Å². The van der Waals surface area contributed by atoms with Crippen molar-refractivity contribution in [3.05, 3.63) is 15.9 Å². The first kappa shape index (κ1) is 18.6. The van der Waals surface area contributed by atoms with Crippen LogP contribution in [-0.2, 0) is 19.6 Å². The van der Waals surface area contributed by atoms with E-state index in [2.05, 4.69) is 20.7 Å². The smallest absolute Gasteiger partial charge is 0.321 e. The predicted molar refractivity (Wildman–Crippen MR) is 86.9 cm³/mol. The van der Waals surface area contributed by atoms with Crippen molar-refractivity contribution in [2.45, 2.75) is 30.9 Å². The van der Waals surface area contributed by atoms with E-state index in [1.54, 1.807) is 11.4 Å². The summed E-state index contributed by atoms with van der Waals surface area (Å²) >= 11 is 4.38. The topological polar surface area (TPSA) is 63.7 Å². The molecule has 1 aromatic heterocycles. The fraction of sp³-hybridized carbons (Fsp3) is 0.615. The predicted octanol–water partition coefficient (Wildman–Crippen LogP) is 3.11. The molecule has 0 spiro atoms. The number of sulfonamides is 1. The van der Waals surface area contributed by atoms with Gasteiger partial charge in [0.25, 0.3) is 10.0 Å². The molecule has 1 rings (SSSR count). The summed E-state index contributed by atoms with van der Waals surface area (Å²) in [6.45, 7) is 4.07. The molecule has 1 heterocycles. The van der Waals surface area contributed by atoms with Crippen LogP contribution in [0.4, 0.5) is 0 Å². The normalized spacial score (nSPS) is 12.1. The molecule has 0 N–H and O–H groups in total. The lowest BCUT2D eigenvalue weighted by Crippen LogP contribution is -2.39. The van der Waals surface area contributed by atoms with Gasteiger partial charge in [-0.05, 0) is 33.3 Å². The quantitative estimate of drug-likeness (QED) is 0.632. The largest absolute Gasteiger partial charge is 0.468 e. The number of carbonyl (C=O) groups excluding carboxylic acids is 1. The molecule has 0 atom stereocenters. The number of hydrogen-bond donors (Lipinski definition) is 0. The Balaban J connectivity index is 3.10. The van der Waals surface area contributed by atoms with E-state index >= 15 is 0 Å². The number of thiophene rings is 1. The monoisotopic (exact) mass is 397 g/mol. The van der Waals surface area contributed by atoms with Crippen LogP contribution >= 0.6 is 27.3 Å². The van der Waals surface area contributed by atoms with Crippen LogP contribution in [0.25, 0.3) is 0 Å². The third kappa shape index (κ3) is 4.77. The van der Waals surface area contributed by atoms with Gasteiger partial charge in [0.2, 0.25) is 0 Å². The van der Waals surface area contributed by atoms with Crippen LogP contribution in [0, 0.1) is 5.92 Å². The zero-order valence-corrected chi connectivity index (χ0v) is 15.6. The number of nitrogens with zero attached hydrogens (tertiary/aromatic N) is 1. The van der Waals surface area contributed by atoms with E-state index in [1.807, 2.05) is 13.8 Å². The molecule has 1 aromatic rings. The molecular formula is C13H20BrNO4S2. The highest BCUT2D eigenvalue weighted by atomic mass is 79.9. The zero-order valence-electron chi connectivity index (χ0n) is 12.3. The van der Waals surface area contributed by atoms with E-state index < -0.39 is 16.0 Å². The van der Waals surface area contributed by atoms with Crippen LogP contribution in [0.1, 0.15) is 26.7 Å². The summed E-state index contributed by atoms with van der Waals surface area (Å²) in [5.74, 6) is -0.347. The molecule has 0 unspecified atom stereocenters. The standard InChI is InChI=1S/C13H20BrNO4S2/c1-4-10(5-2)8-15(9-12(16)19-3)21(17,18)13-11(14)6-7-20-13/h6-7,10H,4-5,8-9H2,1-3H3. The van der Waals surface area contributed by atoms with Gasteiger partial charge in [-0.2, -0.15) is 4.31 Å². The summed E-state index contributed by atoms with van der Waals surface area (Å²) in [4.78, 5) is 11.5. The molecule has 0 aliphatic rings. The second kappa shape index (κ2) is 8.26. The first-order valence-corrected chi connectivity index (χ1v) is 9.78. The number of ether oxygens (including phenoxy) is 1. The van der Waals surface area contributed by atoms with Gasteiger partial charge in [-0.25, -0.2) is 8.42 Å². The highest BCUT2D eigenvalue weighted by molar-refractivity contribution is 9.10. The summed E-state index contributed by atoms with van der Waals surface area (Å²) in [6, 6.07) is 1.69. The highest BCUT2D eigenvalue weighted by Crippen LogP contribution is 2.31. The van der Waals surface area contributed by atoms with E-state index in [1.165, 1.54) is 11.4 Å². The summed E-state index contributed by atoms with van der Waals surface area (Å²) < 4.78 is 32.0. The van der Waals surface area contributed by atoms with Crippen LogP contribution in [0.5, 0.6) is 0 Å². The summed E-state index contributed by atoms with van der Waals surface area (Å²) in [5, 5.41) is 1.70. The van der Waals surface area contributed by atoms with Gasteiger partial charge in [0.05, 0.1) is 7.11 Å². The second-order valence-corrected chi connectivity index (χ2v) is 8.52. The molecule has 0 bridgehead atoms. The first-order chi connectivity index (χ1) is 9.86. The maximum absolute atomic E-state index is 12.7. The number of rotatable bonds is 8. The number of esters is 1. The van der Waals surface area contributed by atoms with E-state index in [4.69, 9.17) is 0 Å². The first-order valence-electron chi connectivity index (χ1n) is 6.66. The van der Waals surface area contributed by atoms with Crippen molar-refractivity contribution >= 4 is 43.3 Å². The molecule has 0 aromatic carbocycles. The van der Waals surface area contributed by atoms with Gasteiger partial charge in [0, 0.05) is 11.0 Å². The molecule has 0 amide bonds. The molecular weight excluding hydrogens is 378 g/mol. The van der Waals surface area contributed by atoms with E-state index in [0.29, 0.717) is 11.0 Å². The minimum Gasteiger partial charge on any atom is -0.468 e. The second-order valence-electron chi connectivity index (χ2n) is 4.61. The average Bonchev–Trinajstić information content (AvgIpc) is 2.89. The molecule has 0 aliphatic carbocycles. The van der Waals surface area contributed by atoms with Gasteiger partial charge in [-0.1, -0.05) is 26.7 Å². The van der Waals surface area contributed by atoms with Crippen molar-refractivity contribution in [1.29, 1.82) is 0 Å². The lowest BCUT2D eigenvalue weighted by atomic mass is 10.0. The Kier molecular flexibility index (Phi) is 7.32. The van der Waals surface area contributed by atoms with Gasteiger partial charge >= 0.3 is 5.97 Å². The van der Waals surface area contributed by atoms with Crippen LogP contribution in [-0.4, -0.2) is 38.9 Å². The Morgan fingerprint density at radius 3 is 2.48 bits per heavy atom. The third-order valence-corrected chi connectivity index (χ3v) is 7.77. The number of methoxy groups -OCH3 is 1. The maximum atomic E-state index is 12.7. The fourth-order valence-corrected chi connectivity index (χ4v) is 5.78. The van der Waals surface area contributed by atoms with Gasteiger partial charge in [0.1, 0.15) is 10.8 Å². The van der Waals surface area contributed by atoms with E-state index in [0.717, 1.165) is 24.2 Å². The highest BCUT2D eigenvalue weighted by Gasteiger charge is 2.31. The van der Waals surface area contributed by atoms with Gasteiger partial charge in [-0.3, -0.25) is 4.79 Å². The maximum Gasteiger partial charge on any atom is 0.321 e. The Morgan fingerprint density at radius 2 is 2.05 bits per heavy atom. The Hall–Kier alpha value is -0.440. The minimum absolute atomic E-state index is 0.211. The lowest BCUT2D eigenvalue weighted by Gasteiger charge is -2.24. The molecule has 120 valence electrons. The van der Waals surface area contributed by atoms with Gasteiger partial charge < -0.3 is 4.74 Å². The van der Waals surface area contributed by atoms with E-state index in [-0.39, 0.29) is 16.7 Å². The molecule has 0 radical (unpaired) electrons. The molecule has 5 nitrogen and oxygen atoms in total. The molecule has 0 aliphatic heterocycles. The number of hydrogen-bond acceptors (Lipinski definition) is 5. The SMILES string of the molecule is CCC(CC)CN(CC(=O)OC)S(=O)(=O)c1sccc1Br. The minimum atomic E-state index is -3.70. The van der Waals surface area contributed by atoms with Crippen molar-refractivity contribution < 1.29 is 17.9 Å². The summed E-state index contributed by atoms with van der Waals surface area (Å²) in [6.07, 6.45) is 1.71. The van der Waals surface area contributed by atoms with Crippen LogP contribution in [0.2, 0.25) is 0 Å². The number of carbonyl (C=O) groups is 1. The summed E-state index contributed by atoms with van der Waals surface area (Å²) in [7, 11) is -2.45. The molecule has 0 saturated heterocycles. The molecule has 0 saturated carbocycles. The average molecular weight is 398 g/mol. The van der Waals surface area contributed by atoms with E-state index in [9.17, 15) is 13.2 Å². The lowest BCUT2D eigenvalue weighted by molar-refractivity contribution is -0.140. The van der Waals surface area contributed by atoms with Crippen molar-refractivity contribution in [3.8, 4) is 0 Å². The Labute approximate surface area is 138 Å². The number of halogens is 1. The molecule has 21 heavy (non-hydrogen) atoms. The van der Waals surface area contributed by atoms with Crippen LogP contribution < -0.4 is 0 Å². The van der Waals surface area contributed by atoms with Crippen molar-refractivity contribution in [1.82, 2.24) is 4.31 Å². The molecule has 8 heteroatoms. The summed E-state index contributed by atoms with van der Waals surface area (Å²) in [5.41, 5.74) is 0.